The Bertz CT molecular complexity index is 726. The predicted octanol–water partition coefficient (Wildman–Crippen LogP) is 3.87. The highest BCUT2D eigenvalue weighted by Gasteiger charge is 2.31. The van der Waals surface area contributed by atoms with E-state index in [0.29, 0.717) is 6.61 Å². The third kappa shape index (κ3) is 4.52. The zero-order chi connectivity index (χ0) is 18.5. The second kappa shape index (κ2) is 8.49. The Hall–Kier alpha value is -2.15. The second-order valence-electron chi connectivity index (χ2n) is 6.57. The largest absolute Gasteiger partial charge is 0.445 e. The number of anilines is 1. The molecule has 1 aliphatic heterocycles. The van der Waals surface area contributed by atoms with Gasteiger partial charge >= 0.3 is 6.09 Å². The molecule has 2 aromatic rings. The van der Waals surface area contributed by atoms with Crippen molar-refractivity contribution in [3.05, 3.63) is 52.9 Å². The molecule has 138 valence electrons. The molecule has 0 spiro atoms. The average molecular weight is 419 g/mol. The van der Waals surface area contributed by atoms with Crippen LogP contribution in [0.2, 0.25) is 0 Å². The van der Waals surface area contributed by atoms with Crippen molar-refractivity contribution in [3.8, 4) is 0 Å². The van der Waals surface area contributed by atoms with Crippen LogP contribution in [0.3, 0.4) is 0 Å². The van der Waals surface area contributed by atoms with E-state index in [-0.39, 0.29) is 18.2 Å². The molecule has 1 aromatic heterocycles. The Morgan fingerprint density at radius 1 is 1.31 bits per heavy atom. The molecule has 26 heavy (non-hydrogen) atoms. The number of carbonyl (C=O) groups is 1. The first-order chi connectivity index (χ1) is 12.5. The van der Waals surface area contributed by atoms with Gasteiger partial charge in [-0.25, -0.2) is 14.8 Å². The van der Waals surface area contributed by atoms with Crippen LogP contribution in [0.1, 0.15) is 25.3 Å². The van der Waals surface area contributed by atoms with Crippen LogP contribution in [-0.2, 0) is 11.3 Å². The second-order valence-corrected chi connectivity index (χ2v) is 7.38. The lowest BCUT2D eigenvalue weighted by molar-refractivity contribution is 0.0838. The van der Waals surface area contributed by atoms with E-state index in [0.717, 1.165) is 35.4 Å². The molecule has 0 bridgehead atoms. The summed E-state index contributed by atoms with van der Waals surface area (Å²) in [4.78, 5) is 25.0. The molecule has 1 saturated heterocycles. The van der Waals surface area contributed by atoms with Gasteiger partial charge in [0.2, 0.25) is 0 Å². The Morgan fingerprint density at radius 2 is 2.08 bits per heavy atom. The van der Waals surface area contributed by atoms with Crippen molar-refractivity contribution >= 4 is 27.8 Å². The number of halogens is 1. The van der Waals surface area contributed by atoms with E-state index in [9.17, 15) is 4.79 Å². The van der Waals surface area contributed by atoms with E-state index in [1.807, 2.05) is 37.4 Å². The summed E-state index contributed by atoms with van der Waals surface area (Å²) in [6, 6.07) is 10.2. The Labute approximate surface area is 162 Å². The van der Waals surface area contributed by atoms with Gasteiger partial charge < -0.3 is 14.5 Å². The molecule has 0 aliphatic carbocycles. The maximum Gasteiger partial charge on any atom is 0.410 e. The fourth-order valence-electron chi connectivity index (χ4n) is 3.26. The van der Waals surface area contributed by atoms with Crippen molar-refractivity contribution in [1.82, 2.24) is 14.9 Å². The number of ether oxygens (including phenoxy) is 1. The maximum atomic E-state index is 12.4. The number of nitrogens with zero attached hydrogens (tertiary/aromatic N) is 4. The summed E-state index contributed by atoms with van der Waals surface area (Å²) in [5.41, 5.74) is 0.992. The number of carbonyl (C=O) groups excluding carboxylic acids is 1. The molecule has 7 heteroatoms. The van der Waals surface area contributed by atoms with Crippen LogP contribution >= 0.6 is 15.9 Å². The number of piperidine rings is 1. The first-order valence-corrected chi connectivity index (χ1v) is 9.51. The minimum absolute atomic E-state index is 0.160. The van der Waals surface area contributed by atoms with E-state index in [1.54, 1.807) is 17.3 Å². The Kier molecular flexibility index (Phi) is 6.08. The standard InChI is InChI=1S/C19H23BrN4O2/c1-14-10-16(8-9-24(14)18-12-21-17(20)11-22-18)23(2)19(25)26-13-15-6-4-3-5-7-15/h3-7,11-12,14,16H,8-10,13H2,1-2H3/t14-,16-/m0/s1. The van der Waals surface area contributed by atoms with Gasteiger partial charge in [-0.3, -0.25) is 0 Å². The van der Waals surface area contributed by atoms with Crippen LogP contribution in [0, 0.1) is 0 Å². The van der Waals surface area contributed by atoms with Crippen molar-refractivity contribution in [1.29, 1.82) is 0 Å². The van der Waals surface area contributed by atoms with Gasteiger partial charge in [0, 0.05) is 25.7 Å². The molecule has 3 rings (SSSR count). The number of aromatic nitrogens is 2. The molecule has 1 aromatic carbocycles. The zero-order valence-corrected chi connectivity index (χ0v) is 16.6. The number of hydrogen-bond donors (Lipinski definition) is 0. The fraction of sp³-hybridized carbons (Fsp3) is 0.421. The van der Waals surface area contributed by atoms with E-state index >= 15 is 0 Å². The minimum Gasteiger partial charge on any atom is -0.445 e. The lowest BCUT2D eigenvalue weighted by atomic mass is 9.97. The summed E-state index contributed by atoms with van der Waals surface area (Å²) < 4.78 is 6.18. The zero-order valence-electron chi connectivity index (χ0n) is 15.0. The highest BCUT2D eigenvalue weighted by Crippen LogP contribution is 2.26. The molecular weight excluding hydrogens is 396 g/mol. The number of benzene rings is 1. The molecule has 1 amide bonds. The van der Waals surface area contributed by atoms with Gasteiger partial charge in [0.1, 0.15) is 17.0 Å². The average Bonchev–Trinajstić information content (AvgIpc) is 2.67. The smallest absolute Gasteiger partial charge is 0.410 e. The molecule has 2 heterocycles. The van der Waals surface area contributed by atoms with Crippen molar-refractivity contribution < 1.29 is 9.53 Å². The van der Waals surface area contributed by atoms with Crippen molar-refractivity contribution in [2.45, 2.75) is 38.5 Å². The van der Waals surface area contributed by atoms with Gasteiger partial charge in [0.05, 0.1) is 12.4 Å². The summed E-state index contributed by atoms with van der Waals surface area (Å²) in [6.07, 6.45) is 4.95. The van der Waals surface area contributed by atoms with Gasteiger partial charge in [-0.2, -0.15) is 0 Å². The molecule has 1 aliphatic rings. The molecule has 6 nitrogen and oxygen atoms in total. The molecule has 1 fully saturated rings. The van der Waals surface area contributed by atoms with E-state index < -0.39 is 0 Å². The highest BCUT2D eigenvalue weighted by molar-refractivity contribution is 9.10. The third-order valence-corrected chi connectivity index (χ3v) is 5.20. The van der Waals surface area contributed by atoms with E-state index in [1.165, 1.54) is 0 Å². The van der Waals surface area contributed by atoms with Crippen LogP contribution < -0.4 is 4.90 Å². The number of hydrogen-bond acceptors (Lipinski definition) is 5. The summed E-state index contributed by atoms with van der Waals surface area (Å²) in [5, 5.41) is 0. The van der Waals surface area contributed by atoms with Crippen molar-refractivity contribution in [3.63, 3.8) is 0 Å². The summed E-state index contributed by atoms with van der Waals surface area (Å²) in [5.74, 6) is 0.869. The highest BCUT2D eigenvalue weighted by atomic mass is 79.9. The topological polar surface area (TPSA) is 58.6 Å². The predicted molar refractivity (Wildman–Crippen MR) is 104 cm³/mol. The van der Waals surface area contributed by atoms with Crippen LogP contribution in [0.25, 0.3) is 0 Å². The van der Waals surface area contributed by atoms with Gasteiger partial charge in [0.25, 0.3) is 0 Å². The van der Waals surface area contributed by atoms with E-state index in [4.69, 9.17) is 4.74 Å². The monoisotopic (exact) mass is 418 g/mol. The number of rotatable bonds is 4. The lowest BCUT2D eigenvalue weighted by Gasteiger charge is -2.41. The first-order valence-electron chi connectivity index (χ1n) is 8.72. The molecule has 0 radical (unpaired) electrons. The molecule has 0 N–H and O–H groups in total. The normalized spacial score (nSPS) is 19.9. The quantitative estimate of drug-likeness (QED) is 0.753. The maximum absolute atomic E-state index is 12.4. The van der Waals surface area contributed by atoms with Crippen LogP contribution in [0.4, 0.5) is 10.6 Å². The van der Waals surface area contributed by atoms with Gasteiger partial charge in [-0.1, -0.05) is 30.3 Å². The SMILES string of the molecule is C[C@H]1C[C@@H](N(C)C(=O)OCc2ccccc2)CCN1c1cnc(Br)cn1. The minimum atomic E-state index is -0.275. The van der Waals surface area contributed by atoms with E-state index in [2.05, 4.69) is 37.7 Å². The van der Waals surface area contributed by atoms with Crippen LogP contribution in [-0.4, -0.2) is 46.6 Å². The van der Waals surface area contributed by atoms with Crippen LogP contribution in [0.5, 0.6) is 0 Å². The Morgan fingerprint density at radius 3 is 2.73 bits per heavy atom. The first kappa shape index (κ1) is 18.6. The van der Waals surface area contributed by atoms with Gasteiger partial charge in [0.15, 0.2) is 0 Å². The van der Waals surface area contributed by atoms with Crippen molar-refractivity contribution in [2.75, 3.05) is 18.5 Å². The van der Waals surface area contributed by atoms with Crippen LogP contribution in [0.15, 0.2) is 47.3 Å². The molecular formula is C19H23BrN4O2. The fourth-order valence-corrected chi connectivity index (χ4v) is 3.47. The summed E-state index contributed by atoms with van der Waals surface area (Å²) in [6.45, 7) is 3.28. The summed E-state index contributed by atoms with van der Waals surface area (Å²) in [7, 11) is 1.82. The Balaban J connectivity index is 1.54. The molecule has 0 unspecified atom stereocenters. The third-order valence-electron chi connectivity index (χ3n) is 4.79. The number of amides is 1. The van der Waals surface area contributed by atoms with Crippen molar-refractivity contribution in [2.24, 2.45) is 0 Å². The van der Waals surface area contributed by atoms with Gasteiger partial charge in [-0.05, 0) is 41.3 Å². The molecule has 0 saturated carbocycles. The molecule has 2 atom stereocenters. The van der Waals surface area contributed by atoms with Gasteiger partial charge in [-0.15, -0.1) is 0 Å². The summed E-state index contributed by atoms with van der Waals surface area (Å²) >= 11 is 3.31. The lowest BCUT2D eigenvalue weighted by Crippen LogP contribution is -2.50.